The van der Waals surface area contributed by atoms with Crippen LogP contribution in [-0.2, 0) is 0 Å². The lowest BCUT2D eigenvalue weighted by Crippen LogP contribution is -2.36. The molecule has 0 aliphatic heterocycles. The van der Waals surface area contributed by atoms with Crippen molar-refractivity contribution in [1.82, 2.24) is 20.3 Å². The second-order valence-corrected chi connectivity index (χ2v) is 8.86. The molecule has 1 aromatic carbocycles. The number of nitrogens with two attached hydrogens (primary N) is 1. The largest absolute Gasteiger partial charge is 0.497 e. The molecule has 0 saturated carbocycles. The van der Waals surface area contributed by atoms with Gasteiger partial charge in [-0.15, -0.1) is 0 Å². The van der Waals surface area contributed by atoms with Gasteiger partial charge in [-0.25, -0.2) is 4.98 Å². The fraction of sp³-hybridized carbons (Fsp3) is 0.286. The molecule has 0 bridgehead atoms. The molecule has 0 spiro atoms. The van der Waals surface area contributed by atoms with Crippen LogP contribution in [-0.4, -0.2) is 54.2 Å². The molecule has 0 unspecified atom stereocenters. The van der Waals surface area contributed by atoms with E-state index in [0.717, 1.165) is 34.2 Å². The Morgan fingerprint density at radius 1 is 1.08 bits per heavy atom. The molecular formula is C28H32N6O3. The molecule has 2 heterocycles. The lowest BCUT2D eigenvalue weighted by Gasteiger charge is -2.27. The first-order chi connectivity index (χ1) is 17.9. The number of anilines is 1. The predicted molar refractivity (Wildman–Crippen MR) is 145 cm³/mol. The highest BCUT2D eigenvalue weighted by Crippen LogP contribution is 2.31. The van der Waals surface area contributed by atoms with E-state index >= 15 is 0 Å². The van der Waals surface area contributed by atoms with Gasteiger partial charge in [0.25, 0.3) is 5.91 Å². The summed E-state index contributed by atoms with van der Waals surface area (Å²) >= 11 is 0. The Hall–Kier alpha value is -4.24. The summed E-state index contributed by atoms with van der Waals surface area (Å²) in [5.41, 5.74) is 8.87. The van der Waals surface area contributed by atoms with Crippen molar-refractivity contribution in [3.8, 4) is 22.8 Å². The monoisotopic (exact) mass is 500 g/mol. The van der Waals surface area contributed by atoms with Crippen molar-refractivity contribution in [2.75, 3.05) is 32.2 Å². The number of methoxy groups -OCH3 is 2. The minimum Gasteiger partial charge on any atom is -0.497 e. The van der Waals surface area contributed by atoms with Crippen LogP contribution in [0, 0.1) is 0 Å². The number of ether oxygens (including phenoxy) is 2. The van der Waals surface area contributed by atoms with Gasteiger partial charge in [0, 0.05) is 60.5 Å². The summed E-state index contributed by atoms with van der Waals surface area (Å²) in [7, 11) is 3.29. The second kappa shape index (κ2) is 11.7. The maximum Gasteiger partial charge on any atom is 0.267 e. The number of primary amides is 1. The van der Waals surface area contributed by atoms with Crippen LogP contribution in [0.3, 0.4) is 0 Å². The van der Waals surface area contributed by atoms with Crippen LogP contribution in [0.5, 0.6) is 11.5 Å². The Bertz CT molecular complexity index is 1410. The topological polar surface area (TPSA) is 115 Å². The van der Waals surface area contributed by atoms with Gasteiger partial charge in [-0.05, 0) is 24.6 Å². The average Bonchev–Trinajstić information content (AvgIpc) is 3.12. The molecule has 1 aliphatic rings. The van der Waals surface area contributed by atoms with E-state index in [1.807, 2.05) is 30.4 Å². The van der Waals surface area contributed by atoms with Crippen molar-refractivity contribution in [1.29, 1.82) is 0 Å². The van der Waals surface area contributed by atoms with Gasteiger partial charge >= 0.3 is 0 Å². The zero-order chi connectivity index (χ0) is 26.4. The van der Waals surface area contributed by atoms with Crippen LogP contribution in [0.4, 0.5) is 5.69 Å². The van der Waals surface area contributed by atoms with Crippen LogP contribution in [0.1, 0.15) is 30.8 Å². The maximum absolute atomic E-state index is 11.6. The molecule has 9 heteroatoms. The molecule has 3 N–H and O–H groups in total. The number of nitrogens with one attached hydrogen (secondary N) is 1. The molecule has 37 heavy (non-hydrogen) atoms. The molecule has 0 saturated heterocycles. The van der Waals surface area contributed by atoms with Crippen molar-refractivity contribution in [2.45, 2.75) is 26.3 Å². The number of allylic oxidation sites excluding steroid dienone is 2. The standard InChI is InChI=1S/C28H32N6O3/c1-18(2)30-10-11-34(21-13-22(36-3)16-23(14-21)37-4)20-6-5-7-24-25(15-20)33-27(17-32-24)19-8-9-31-26(12-19)28(29)35/h6-9,12-18,30H,5,10-11H2,1-4H3,(H2,29,35). The van der Waals surface area contributed by atoms with Crippen LogP contribution in [0.25, 0.3) is 23.4 Å². The van der Waals surface area contributed by atoms with Crippen molar-refractivity contribution in [3.63, 3.8) is 0 Å². The zero-order valence-corrected chi connectivity index (χ0v) is 21.6. The fourth-order valence-corrected chi connectivity index (χ4v) is 4.04. The van der Waals surface area contributed by atoms with Crippen LogP contribution >= 0.6 is 0 Å². The van der Waals surface area contributed by atoms with E-state index in [1.54, 1.807) is 38.7 Å². The molecule has 0 radical (unpaired) electrons. The highest BCUT2D eigenvalue weighted by molar-refractivity contribution is 5.91. The zero-order valence-electron chi connectivity index (χ0n) is 21.6. The third kappa shape index (κ3) is 6.31. The SMILES string of the molecule is COc1cc(OC)cc(N(CCNC(C)C)C2=CCC=c3ncc(-c4ccnc(C(N)=O)c4)nc3=C2)c1. The number of carbonyl (C=O) groups is 1. The highest BCUT2D eigenvalue weighted by atomic mass is 16.5. The lowest BCUT2D eigenvalue weighted by molar-refractivity contribution is 0.0995. The normalized spacial score (nSPS) is 12.5. The van der Waals surface area contributed by atoms with Crippen LogP contribution in [0.2, 0.25) is 0 Å². The van der Waals surface area contributed by atoms with E-state index in [-0.39, 0.29) is 5.69 Å². The summed E-state index contributed by atoms with van der Waals surface area (Å²) in [6.07, 6.45) is 10.2. The Balaban J connectivity index is 1.78. The smallest absolute Gasteiger partial charge is 0.267 e. The van der Waals surface area contributed by atoms with E-state index in [0.29, 0.717) is 36.2 Å². The first kappa shape index (κ1) is 25.8. The molecule has 0 atom stereocenters. The van der Waals surface area contributed by atoms with E-state index in [9.17, 15) is 4.79 Å². The predicted octanol–water partition coefficient (Wildman–Crippen LogP) is 2.01. The molecule has 0 fully saturated rings. The number of nitrogens with zero attached hydrogens (tertiary/aromatic N) is 4. The summed E-state index contributed by atoms with van der Waals surface area (Å²) in [6.45, 7) is 5.74. The van der Waals surface area contributed by atoms with Gasteiger partial charge in [0.2, 0.25) is 0 Å². The van der Waals surface area contributed by atoms with E-state index in [4.69, 9.17) is 20.2 Å². The minimum absolute atomic E-state index is 0.182. The summed E-state index contributed by atoms with van der Waals surface area (Å²) in [4.78, 5) is 27.4. The number of amides is 1. The molecule has 192 valence electrons. The maximum atomic E-state index is 11.6. The van der Waals surface area contributed by atoms with E-state index in [2.05, 4.69) is 40.1 Å². The molecule has 2 aromatic heterocycles. The Kier molecular flexibility index (Phi) is 8.15. The first-order valence-corrected chi connectivity index (χ1v) is 12.1. The quantitative estimate of drug-likeness (QED) is 0.434. The van der Waals surface area contributed by atoms with Crippen molar-refractivity contribution < 1.29 is 14.3 Å². The van der Waals surface area contributed by atoms with Crippen molar-refractivity contribution >= 4 is 23.7 Å². The highest BCUT2D eigenvalue weighted by Gasteiger charge is 2.15. The average molecular weight is 501 g/mol. The number of hydrogen-bond donors (Lipinski definition) is 2. The number of pyridine rings is 1. The van der Waals surface area contributed by atoms with Gasteiger partial charge in [0.05, 0.1) is 36.8 Å². The van der Waals surface area contributed by atoms with E-state index < -0.39 is 5.91 Å². The van der Waals surface area contributed by atoms with Crippen LogP contribution in [0.15, 0.2) is 54.5 Å². The Morgan fingerprint density at radius 3 is 2.51 bits per heavy atom. The van der Waals surface area contributed by atoms with Crippen LogP contribution < -0.4 is 36.1 Å². The summed E-state index contributed by atoms with van der Waals surface area (Å²) < 4.78 is 11.1. The van der Waals surface area contributed by atoms with Gasteiger partial charge in [-0.2, -0.15) is 0 Å². The lowest BCUT2D eigenvalue weighted by atomic mass is 10.1. The fourth-order valence-electron chi connectivity index (χ4n) is 4.04. The van der Waals surface area contributed by atoms with E-state index in [1.165, 1.54) is 0 Å². The third-order valence-electron chi connectivity index (χ3n) is 5.91. The molecule has 1 aliphatic carbocycles. The molecular weight excluding hydrogens is 468 g/mol. The molecule has 3 aromatic rings. The Labute approximate surface area is 216 Å². The molecule has 4 rings (SSSR count). The molecule has 1 amide bonds. The number of fused-ring (bicyclic) bond motifs is 1. The third-order valence-corrected chi connectivity index (χ3v) is 5.91. The number of benzene rings is 1. The Morgan fingerprint density at radius 2 is 1.84 bits per heavy atom. The number of hydrogen-bond acceptors (Lipinski definition) is 8. The number of carbonyl (C=O) groups excluding carboxylic acids is 1. The van der Waals surface area contributed by atoms with Gasteiger partial charge in [-0.1, -0.05) is 26.0 Å². The second-order valence-electron chi connectivity index (χ2n) is 8.86. The van der Waals surface area contributed by atoms with Gasteiger partial charge in [-0.3, -0.25) is 14.8 Å². The van der Waals surface area contributed by atoms with Crippen molar-refractivity contribution in [2.24, 2.45) is 5.73 Å². The number of aromatic nitrogens is 3. The van der Waals surface area contributed by atoms with Crippen molar-refractivity contribution in [3.05, 3.63) is 70.9 Å². The summed E-state index contributed by atoms with van der Waals surface area (Å²) in [5, 5.41) is 5.02. The number of rotatable bonds is 10. The van der Waals surface area contributed by atoms with Gasteiger partial charge in [0.1, 0.15) is 17.2 Å². The first-order valence-electron chi connectivity index (χ1n) is 12.1. The summed E-state index contributed by atoms with van der Waals surface area (Å²) in [5.74, 6) is 0.832. The molecule has 9 nitrogen and oxygen atoms in total. The van der Waals surface area contributed by atoms with Gasteiger partial charge in [0.15, 0.2) is 0 Å². The summed E-state index contributed by atoms with van der Waals surface area (Å²) in [6, 6.07) is 9.62. The minimum atomic E-state index is -0.589. The van der Waals surface area contributed by atoms with Gasteiger partial charge < -0.3 is 25.4 Å².